The van der Waals surface area contributed by atoms with Gasteiger partial charge in [0.05, 0.1) is 0 Å². The molecule has 0 fully saturated rings. The van der Waals surface area contributed by atoms with Crippen LogP contribution in [-0.2, 0) is 0 Å². The Morgan fingerprint density at radius 3 is 2.60 bits per heavy atom. The van der Waals surface area contributed by atoms with Crippen LogP contribution >= 0.6 is 0 Å². The minimum atomic E-state index is -0.579. The second-order valence-corrected chi connectivity index (χ2v) is 3.41. The number of hydrogen-bond acceptors (Lipinski definition) is 4. The van der Waals surface area contributed by atoms with Crippen LogP contribution in [0.25, 0.3) is 0 Å². The Balaban J connectivity index is 2.53. The number of nitrogens with zero attached hydrogens (tertiary/aromatic N) is 1. The first-order valence-electron chi connectivity index (χ1n) is 4.54. The summed E-state index contributed by atoms with van der Waals surface area (Å²) in [6, 6.07) is 0.880. The minimum Gasteiger partial charge on any atom is -0.361 e. The van der Waals surface area contributed by atoms with Gasteiger partial charge in [0.25, 0.3) is 5.91 Å². The molecule has 2 N–H and O–H groups in total. The standard InChI is InChI=1S/C9H13N3O3/c1-5(2)10-9(14)11-8(13)7-4-6(3)15-12-7/h4-5H,1-3H3,(H2,10,11,13,14). The van der Waals surface area contributed by atoms with Crippen molar-refractivity contribution in [2.45, 2.75) is 26.8 Å². The second-order valence-electron chi connectivity index (χ2n) is 3.41. The number of aryl methyl sites for hydroxylation is 1. The fraction of sp³-hybridized carbons (Fsp3) is 0.444. The monoisotopic (exact) mass is 211 g/mol. The first-order valence-corrected chi connectivity index (χ1v) is 4.54. The third-order valence-electron chi connectivity index (χ3n) is 1.51. The van der Waals surface area contributed by atoms with Crippen LogP contribution in [0.15, 0.2) is 10.6 Å². The molecular weight excluding hydrogens is 198 g/mol. The van der Waals surface area contributed by atoms with Gasteiger partial charge in [-0.1, -0.05) is 5.16 Å². The van der Waals surface area contributed by atoms with Gasteiger partial charge in [-0.15, -0.1) is 0 Å². The average Bonchev–Trinajstić information content (AvgIpc) is 2.49. The van der Waals surface area contributed by atoms with E-state index in [0.29, 0.717) is 5.76 Å². The van der Waals surface area contributed by atoms with Crippen molar-refractivity contribution < 1.29 is 14.1 Å². The smallest absolute Gasteiger partial charge is 0.321 e. The van der Waals surface area contributed by atoms with E-state index >= 15 is 0 Å². The lowest BCUT2D eigenvalue weighted by Gasteiger charge is -2.07. The van der Waals surface area contributed by atoms with Gasteiger partial charge in [0, 0.05) is 12.1 Å². The molecule has 1 heterocycles. The molecular formula is C9H13N3O3. The normalized spacial score (nSPS) is 10.1. The summed E-state index contributed by atoms with van der Waals surface area (Å²) in [7, 11) is 0. The molecule has 0 aliphatic carbocycles. The Morgan fingerprint density at radius 1 is 1.47 bits per heavy atom. The lowest BCUT2D eigenvalue weighted by atomic mass is 10.3. The zero-order valence-electron chi connectivity index (χ0n) is 8.83. The summed E-state index contributed by atoms with van der Waals surface area (Å²) < 4.78 is 4.71. The fourth-order valence-corrected chi connectivity index (χ4v) is 0.939. The van der Waals surface area contributed by atoms with Gasteiger partial charge < -0.3 is 9.84 Å². The molecule has 6 heteroatoms. The zero-order chi connectivity index (χ0) is 11.4. The summed E-state index contributed by atoms with van der Waals surface area (Å²) in [6.45, 7) is 5.26. The molecule has 1 aromatic rings. The highest BCUT2D eigenvalue weighted by Crippen LogP contribution is 2.00. The van der Waals surface area contributed by atoms with Gasteiger partial charge >= 0.3 is 6.03 Å². The van der Waals surface area contributed by atoms with Gasteiger partial charge in [-0.05, 0) is 20.8 Å². The number of carbonyl (C=O) groups excluding carboxylic acids is 2. The fourth-order valence-electron chi connectivity index (χ4n) is 0.939. The van der Waals surface area contributed by atoms with Crippen LogP contribution in [-0.4, -0.2) is 23.1 Å². The predicted octanol–water partition coefficient (Wildman–Crippen LogP) is 0.831. The molecule has 1 aromatic heterocycles. The number of urea groups is 1. The van der Waals surface area contributed by atoms with E-state index in [1.54, 1.807) is 20.8 Å². The highest BCUT2D eigenvalue weighted by Gasteiger charge is 2.14. The lowest BCUT2D eigenvalue weighted by molar-refractivity contribution is 0.0954. The van der Waals surface area contributed by atoms with E-state index in [2.05, 4.69) is 15.8 Å². The van der Waals surface area contributed by atoms with Gasteiger partial charge in [0.1, 0.15) is 5.76 Å². The Morgan fingerprint density at radius 2 is 2.13 bits per heavy atom. The number of imide groups is 1. The molecule has 0 saturated heterocycles. The maximum atomic E-state index is 11.4. The van der Waals surface area contributed by atoms with Crippen molar-refractivity contribution in [1.29, 1.82) is 0 Å². The zero-order valence-corrected chi connectivity index (χ0v) is 8.83. The van der Waals surface area contributed by atoms with Crippen molar-refractivity contribution in [3.63, 3.8) is 0 Å². The van der Waals surface area contributed by atoms with Gasteiger partial charge in [-0.25, -0.2) is 4.79 Å². The third-order valence-corrected chi connectivity index (χ3v) is 1.51. The average molecular weight is 211 g/mol. The molecule has 0 bridgehead atoms. The Kier molecular flexibility index (Phi) is 3.43. The van der Waals surface area contributed by atoms with Crippen molar-refractivity contribution in [2.75, 3.05) is 0 Å². The topological polar surface area (TPSA) is 84.2 Å². The van der Waals surface area contributed by atoms with Crippen LogP contribution in [0.3, 0.4) is 0 Å². The molecule has 6 nitrogen and oxygen atoms in total. The Bertz CT molecular complexity index is 370. The van der Waals surface area contributed by atoms with Crippen LogP contribution < -0.4 is 10.6 Å². The molecule has 1 rings (SSSR count). The Labute approximate surface area is 87.0 Å². The summed E-state index contributed by atoms with van der Waals surface area (Å²) in [6.07, 6.45) is 0. The Hall–Kier alpha value is -1.85. The highest BCUT2D eigenvalue weighted by molar-refractivity contribution is 6.03. The highest BCUT2D eigenvalue weighted by atomic mass is 16.5. The molecule has 0 unspecified atom stereocenters. The lowest BCUT2D eigenvalue weighted by Crippen LogP contribution is -2.42. The van der Waals surface area contributed by atoms with Crippen molar-refractivity contribution in [1.82, 2.24) is 15.8 Å². The molecule has 15 heavy (non-hydrogen) atoms. The van der Waals surface area contributed by atoms with E-state index in [9.17, 15) is 9.59 Å². The number of amides is 3. The first-order chi connectivity index (χ1) is 6.99. The van der Waals surface area contributed by atoms with E-state index in [1.165, 1.54) is 6.07 Å². The number of rotatable bonds is 2. The number of hydrogen-bond donors (Lipinski definition) is 2. The van der Waals surface area contributed by atoms with Crippen LogP contribution in [0.2, 0.25) is 0 Å². The largest absolute Gasteiger partial charge is 0.361 e. The van der Waals surface area contributed by atoms with Gasteiger partial charge in [0.15, 0.2) is 5.69 Å². The summed E-state index contributed by atoms with van der Waals surface area (Å²) in [5, 5.41) is 8.13. The van der Waals surface area contributed by atoms with Crippen LogP contribution in [0, 0.1) is 6.92 Å². The summed E-state index contributed by atoms with van der Waals surface area (Å²) in [5.74, 6) is -0.0607. The molecule has 82 valence electrons. The maximum absolute atomic E-state index is 11.4. The van der Waals surface area contributed by atoms with Crippen molar-refractivity contribution in [3.05, 3.63) is 17.5 Å². The van der Waals surface area contributed by atoms with Crippen LogP contribution in [0.4, 0.5) is 4.79 Å². The molecule has 0 aliphatic heterocycles. The van der Waals surface area contributed by atoms with E-state index < -0.39 is 11.9 Å². The third kappa shape index (κ3) is 3.41. The second kappa shape index (κ2) is 4.59. The molecule has 0 atom stereocenters. The maximum Gasteiger partial charge on any atom is 0.321 e. The molecule has 3 amide bonds. The van der Waals surface area contributed by atoms with Crippen molar-refractivity contribution in [3.8, 4) is 0 Å². The summed E-state index contributed by atoms with van der Waals surface area (Å²) in [4.78, 5) is 22.5. The van der Waals surface area contributed by atoms with Crippen molar-refractivity contribution in [2.24, 2.45) is 0 Å². The van der Waals surface area contributed by atoms with Gasteiger partial charge in [0.2, 0.25) is 0 Å². The van der Waals surface area contributed by atoms with E-state index in [0.717, 1.165) is 0 Å². The molecule has 0 aromatic carbocycles. The van der Waals surface area contributed by atoms with E-state index in [-0.39, 0.29) is 11.7 Å². The van der Waals surface area contributed by atoms with E-state index in [1.807, 2.05) is 0 Å². The quantitative estimate of drug-likeness (QED) is 0.758. The van der Waals surface area contributed by atoms with Crippen LogP contribution in [0.1, 0.15) is 30.1 Å². The number of nitrogens with one attached hydrogen (secondary N) is 2. The van der Waals surface area contributed by atoms with Gasteiger partial charge in [-0.2, -0.15) is 0 Å². The predicted molar refractivity (Wildman–Crippen MR) is 52.4 cm³/mol. The van der Waals surface area contributed by atoms with Gasteiger partial charge in [-0.3, -0.25) is 10.1 Å². The molecule has 0 aliphatic rings. The molecule has 0 spiro atoms. The molecule has 0 saturated carbocycles. The van der Waals surface area contributed by atoms with Crippen LogP contribution in [0.5, 0.6) is 0 Å². The summed E-state index contributed by atoms with van der Waals surface area (Å²) >= 11 is 0. The summed E-state index contributed by atoms with van der Waals surface area (Å²) in [5.41, 5.74) is 0.0893. The SMILES string of the molecule is Cc1cc(C(=O)NC(=O)NC(C)C)no1. The molecule has 0 radical (unpaired) electrons. The number of carbonyl (C=O) groups is 2. The number of aromatic nitrogens is 1. The van der Waals surface area contributed by atoms with E-state index in [4.69, 9.17) is 4.52 Å². The minimum absolute atomic E-state index is 0.0307. The first kappa shape index (κ1) is 11.2. The van der Waals surface area contributed by atoms with Crippen molar-refractivity contribution >= 4 is 11.9 Å².